The molecule has 0 amide bonds. The van der Waals surface area contributed by atoms with Crippen molar-refractivity contribution < 1.29 is 17.9 Å². The number of hydrogen-bond donors (Lipinski definition) is 1. The first-order valence-corrected chi connectivity index (χ1v) is 7.61. The molecule has 8 heteroatoms. The van der Waals surface area contributed by atoms with Crippen LogP contribution >= 0.6 is 0 Å². The summed E-state index contributed by atoms with van der Waals surface area (Å²) in [5, 5.41) is 6.31. The number of nitrogens with zero attached hydrogens (tertiary/aromatic N) is 2. The van der Waals surface area contributed by atoms with Crippen LogP contribution in [0.15, 0.2) is 11.1 Å². The van der Waals surface area contributed by atoms with Gasteiger partial charge in [0.2, 0.25) is 10.0 Å². The minimum atomic E-state index is -3.70. The van der Waals surface area contributed by atoms with Crippen molar-refractivity contribution in [1.82, 2.24) is 14.5 Å². The van der Waals surface area contributed by atoms with Crippen molar-refractivity contribution in [1.29, 1.82) is 0 Å². The van der Waals surface area contributed by atoms with Crippen molar-refractivity contribution in [3.63, 3.8) is 0 Å². The molecular weight excluding hydrogens is 270 g/mol. The Bertz CT molecular complexity index is 566. The van der Waals surface area contributed by atoms with Crippen LogP contribution in [0, 0.1) is 6.92 Å². The highest BCUT2D eigenvalue weighted by Gasteiger charge is 2.41. The van der Waals surface area contributed by atoms with Gasteiger partial charge in [-0.25, -0.2) is 8.42 Å². The molecule has 7 nitrogen and oxygen atoms in total. The minimum Gasteiger partial charge on any atom is -0.465 e. The van der Waals surface area contributed by atoms with Gasteiger partial charge in [0.1, 0.15) is 10.9 Å². The second kappa shape index (κ2) is 5.30. The van der Waals surface area contributed by atoms with Crippen LogP contribution in [-0.4, -0.2) is 48.1 Å². The molecule has 1 aromatic heterocycles. The maximum absolute atomic E-state index is 12.5. The number of ether oxygens (including phenoxy) is 1. The lowest BCUT2D eigenvalue weighted by Gasteiger charge is -2.22. The Balaban J connectivity index is 2.30. The number of aryl methyl sites for hydroxylation is 1. The molecule has 1 aliphatic heterocycles. The normalized spacial score (nSPS) is 20.6. The standard InChI is InChI=1S/C11H17N3O4S/c1-3-18-11(15)9-5-4-6-14(9)19(16,17)10-7-12-13-8(10)2/h7,9H,3-6H2,1-2H3,(H,12,13). The van der Waals surface area contributed by atoms with Crippen molar-refractivity contribution in [3.8, 4) is 0 Å². The molecule has 0 radical (unpaired) electrons. The van der Waals surface area contributed by atoms with Crippen molar-refractivity contribution in [3.05, 3.63) is 11.9 Å². The van der Waals surface area contributed by atoms with Gasteiger partial charge in [0.25, 0.3) is 0 Å². The summed E-state index contributed by atoms with van der Waals surface area (Å²) in [7, 11) is -3.70. The Labute approximate surface area is 112 Å². The second-order valence-corrected chi connectivity index (χ2v) is 6.24. The van der Waals surface area contributed by atoms with E-state index >= 15 is 0 Å². The molecule has 1 atom stereocenters. The summed E-state index contributed by atoms with van der Waals surface area (Å²) in [6, 6.07) is -0.723. The lowest BCUT2D eigenvalue weighted by atomic mass is 10.2. The smallest absolute Gasteiger partial charge is 0.324 e. The number of nitrogens with one attached hydrogen (secondary N) is 1. The zero-order valence-electron chi connectivity index (χ0n) is 10.9. The third kappa shape index (κ3) is 2.50. The number of rotatable bonds is 4. The van der Waals surface area contributed by atoms with Crippen LogP contribution in [-0.2, 0) is 19.6 Å². The Morgan fingerprint density at radius 3 is 2.95 bits per heavy atom. The molecule has 1 aliphatic rings. The van der Waals surface area contributed by atoms with Crippen molar-refractivity contribution in [2.24, 2.45) is 0 Å². The molecule has 0 bridgehead atoms. The molecule has 2 rings (SSSR count). The highest BCUT2D eigenvalue weighted by molar-refractivity contribution is 7.89. The summed E-state index contributed by atoms with van der Waals surface area (Å²) in [6.07, 6.45) is 2.42. The number of esters is 1. The van der Waals surface area contributed by atoms with Crippen LogP contribution < -0.4 is 0 Å². The number of aromatic nitrogens is 2. The summed E-state index contributed by atoms with van der Waals surface area (Å²) in [5.74, 6) is -0.482. The van der Waals surface area contributed by atoms with Gasteiger partial charge in [-0.1, -0.05) is 0 Å². The van der Waals surface area contributed by atoms with E-state index in [4.69, 9.17) is 4.74 Å². The third-order valence-electron chi connectivity index (χ3n) is 3.13. The highest BCUT2D eigenvalue weighted by atomic mass is 32.2. The summed E-state index contributed by atoms with van der Waals surface area (Å²) in [6.45, 7) is 3.91. The third-order valence-corrected chi connectivity index (χ3v) is 5.15. The fourth-order valence-electron chi connectivity index (χ4n) is 2.23. The first-order chi connectivity index (χ1) is 8.98. The molecule has 0 aromatic carbocycles. The number of H-pyrrole nitrogens is 1. The van der Waals surface area contributed by atoms with Gasteiger partial charge < -0.3 is 4.74 Å². The molecule has 1 saturated heterocycles. The van der Waals surface area contributed by atoms with Gasteiger partial charge >= 0.3 is 5.97 Å². The van der Waals surface area contributed by atoms with Gasteiger partial charge in [0.05, 0.1) is 18.5 Å². The number of carbonyl (C=O) groups is 1. The van der Waals surface area contributed by atoms with Gasteiger partial charge in [0.15, 0.2) is 0 Å². The van der Waals surface area contributed by atoms with Crippen LogP contribution in [0.5, 0.6) is 0 Å². The zero-order chi connectivity index (χ0) is 14.0. The first-order valence-electron chi connectivity index (χ1n) is 6.17. The Kier molecular flexibility index (Phi) is 3.91. The van der Waals surface area contributed by atoms with E-state index in [0.29, 0.717) is 25.1 Å². The largest absolute Gasteiger partial charge is 0.465 e. The maximum atomic E-state index is 12.5. The molecule has 1 fully saturated rings. The number of aromatic amines is 1. The molecular formula is C11H17N3O4S. The Hall–Kier alpha value is -1.41. The molecule has 0 aliphatic carbocycles. The predicted octanol–water partition coefficient (Wildman–Crippen LogP) is 0.434. The second-order valence-electron chi connectivity index (χ2n) is 4.39. The van der Waals surface area contributed by atoms with E-state index in [9.17, 15) is 13.2 Å². The SMILES string of the molecule is CCOC(=O)C1CCCN1S(=O)(=O)c1cn[nH]c1C. The minimum absolute atomic E-state index is 0.115. The molecule has 2 heterocycles. The summed E-state index contributed by atoms with van der Waals surface area (Å²) < 4.78 is 31.1. The van der Waals surface area contributed by atoms with Crippen LogP contribution in [0.25, 0.3) is 0 Å². The predicted molar refractivity (Wildman–Crippen MR) is 66.9 cm³/mol. The van der Waals surface area contributed by atoms with Crippen LogP contribution in [0.3, 0.4) is 0 Å². The number of carbonyl (C=O) groups excluding carboxylic acids is 1. The van der Waals surface area contributed by atoms with Gasteiger partial charge in [-0.15, -0.1) is 0 Å². The lowest BCUT2D eigenvalue weighted by molar-refractivity contribution is -0.146. The van der Waals surface area contributed by atoms with E-state index < -0.39 is 22.0 Å². The maximum Gasteiger partial charge on any atom is 0.324 e. The van der Waals surface area contributed by atoms with E-state index in [1.165, 1.54) is 10.5 Å². The molecule has 1 aromatic rings. The van der Waals surface area contributed by atoms with Gasteiger partial charge in [-0.05, 0) is 26.7 Å². The van der Waals surface area contributed by atoms with Crippen LogP contribution in [0.4, 0.5) is 0 Å². The fourth-order valence-corrected chi connectivity index (χ4v) is 3.99. The fraction of sp³-hybridized carbons (Fsp3) is 0.636. The van der Waals surface area contributed by atoms with E-state index in [-0.39, 0.29) is 11.5 Å². The molecule has 0 spiro atoms. The van der Waals surface area contributed by atoms with E-state index in [1.54, 1.807) is 13.8 Å². The van der Waals surface area contributed by atoms with Gasteiger partial charge in [0, 0.05) is 6.54 Å². The van der Waals surface area contributed by atoms with Crippen LogP contribution in [0.1, 0.15) is 25.5 Å². The number of hydrogen-bond acceptors (Lipinski definition) is 5. The molecule has 19 heavy (non-hydrogen) atoms. The molecule has 0 saturated carbocycles. The average Bonchev–Trinajstić information content (AvgIpc) is 2.97. The van der Waals surface area contributed by atoms with Crippen molar-refractivity contribution in [2.45, 2.75) is 37.6 Å². The Morgan fingerprint density at radius 2 is 2.37 bits per heavy atom. The topological polar surface area (TPSA) is 92.4 Å². The molecule has 106 valence electrons. The van der Waals surface area contributed by atoms with Crippen LogP contribution in [0.2, 0.25) is 0 Å². The van der Waals surface area contributed by atoms with E-state index in [2.05, 4.69) is 10.2 Å². The monoisotopic (exact) mass is 287 g/mol. The average molecular weight is 287 g/mol. The summed E-state index contributed by atoms with van der Waals surface area (Å²) >= 11 is 0. The summed E-state index contributed by atoms with van der Waals surface area (Å²) in [4.78, 5) is 11.9. The first kappa shape index (κ1) is 14.0. The zero-order valence-corrected chi connectivity index (χ0v) is 11.7. The number of sulfonamides is 1. The van der Waals surface area contributed by atoms with Crippen molar-refractivity contribution in [2.75, 3.05) is 13.2 Å². The van der Waals surface area contributed by atoms with E-state index in [0.717, 1.165) is 0 Å². The van der Waals surface area contributed by atoms with Gasteiger partial charge in [-0.2, -0.15) is 9.40 Å². The molecule has 1 unspecified atom stereocenters. The summed E-state index contributed by atoms with van der Waals surface area (Å²) in [5.41, 5.74) is 0.467. The quantitative estimate of drug-likeness (QED) is 0.811. The van der Waals surface area contributed by atoms with E-state index in [1.807, 2.05) is 0 Å². The van der Waals surface area contributed by atoms with Gasteiger partial charge in [-0.3, -0.25) is 9.89 Å². The Morgan fingerprint density at radius 1 is 1.63 bits per heavy atom. The highest BCUT2D eigenvalue weighted by Crippen LogP contribution is 2.27. The van der Waals surface area contributed by atoms with Crippen molar-refractivity contribution >= 4 is 16.0 Å². The lowest BCUT2D eigenvalue weighted by Crippen LogP contribution is -2.41. The molecule has 1 N–H and O–H groups in total.